The number of benzene rings is 3. The maximum atomic E-state index is 13.0. The van der Waals surface area contributed by atoms with Crippen molar-refractivity contribution in [3.63, 3.8) is 0 Å². The van der Waals surface area contributed by atoms with Crippen LogP contribution in [0, 0.1) is 12.8 Å². The number of carbonyl (C=O) groups is 2. The summed E-state index contributed by atoms with van der Waals surface area (Å²) in [5.74, 6) is 1.04. The van der Waals surface area contributed by atoms with Gasteiger partial charge in [-0.2, -0.15) is 0 Å². The Labute approximate surface area is 231 Å². The number of anilines is 3. The van der Waals surface area contributed by atoms with Gasteiger partial charge in [-0.3, -0.25) is 9.59 Å². The molecule has 200 valence electrons. The number of hydrogen-bond donors (Lipinski definition) is 1. The summed E-state index contributed by atoms with van der Waals surface area (Å²) in [6.45, 7) is 6.61. The smallest absolute Gasteiger partial charge is 0.183 e. The minimum Gasteiger partial charge on any atom is -0.371 e. The molecular weight excluding hydrogens is 482 g/mol. The second kappa shape index (κ2) is 11.7. The number of nitrogens with zero attached hydrogens (tertiary/aromatic N) is 2. The standard InChI is InChI=1S/C34H37N3O2/c1-24-16-19-37(20-17-24)31-15-10-28(21-25(31)2)33(38)22-26-6-11-29(12-7-26)35-30-13-8-27(9-14-30)23-34(39)32-5-4-18-36(32)3/h4-15,18,21,24,35H,16-17,19-20,22-23H2,1-3H3. The van der Waals surface area contributed by atoms with Gasteiger partial charge in [-0.25, -0.2) is 0 Å². The molecule has 0 saturated carbocycles. The average Bonchev–Trinajstić information content (AvgIpc) is 3.37. The molecule has 39 heavy (non-hydrogen) atoms. The first kappa shape index (κ1) is 26.5. The molecular formula is C34H37N3O2. The second-order valence-corrected chi connectivity index (χ2v) is 10.9. The predicted molar refractivity (Wildman–Crippen MR) is 159 cm³/mol. The van der Waals surface area contributed by atoms with Crippen LogP contribution < -0.4 is 10.2 Å². The Kier molecular flexibility index (Phi) is 7.97. The van der Waals surface area contributed by atoms with Gasteiger partial charge in [0.15, 0.2) is 11.6 Å². The first-order valence-electron chi connectivity index (χ1n) is 13.8. The van der Waals surface area contributed by atoms with E-state index < -0.39 is 0 Å². The number of aryl methyl sites for hydroxylation is 2. The summed E-state index contributed by atoms with van der Waals surface area (Å²) >= 11 is 0. The van der Waals surface area contributed by atoms with Gasteiger partial charge in [0.2, 0.25) is 0 Å². The number of Topliss-reactive ketones (excluding diaryl/α,β-unsaturated/α-hetero) is 2. The number of ketones is 2. The van der Waals surface area contributed by atoms with Crippen molar-refractivity contribution in [1.29, 1.82) is 0 Å². The van der Waals surface area contributed by atoms with Crippen LogP contribution in [-0.2, 0) is 19.9 Å². The summed E-state index contributed by atoms with van der Waals surface area (Å²) in [6.07, 6.45) is 5.10. The normalized spacial score (nSPS) is 13.9. The van der Waals surface area contributed by atoms with Crippen LogP contribution >= 0.6 is 0 Å². The minimum atomic E-state index is 0.108. The third kappa shape index (κ3) is 6.48. The summed E-state index contributed by atoms with van der Waals surface area (Å²) < 4.78 is 1.85. The topological polar surface area (TPSA) is 54.3 Å². The van der Waals surface area contributed by atoms with E-state index >= 15 is 0 Å². The minimum absolute atomic E-state index is 0.108. The molecule has 0 bridgehead atoms. The van der Waals surface area contributed by atoms with Crippen molar-refractivity contribution in [3.05, 3.63) is 113 Å². The molecule has 0 atom stereocenters. The zero-order valence-corrected chi connectivity index (χ0v) is 23.1. The quantitative estimate of drug-likeness (QED) is 0.238. The van der Waals surface area contributed by atoms with Crippen LogP contribution in [0.2, 0.25) is 0 Å². The van der Waals surface area contributed by atoms with Gasteiger partial charge in [-0.15, -0.1) is 0 Å². The molecule has 1 fully saturated rings. The molecule has 1 aliphatic rings. The molecule has 1 N–H and O–H groups in total. The number of aromatic nitrogens is 1. The largest absolute Gasteiger partial charge is 0.371 e. The van der Waals surface area contributed by atoms with E-state index in [1.165, 1.54) is 24.1 Å². The molecule has 0 spiro atoms. The van der Waals surface area contributed by atoms with Crippen molar-refractivity contribution in [3.8, 4) is 0 Å². The van der Waals surface area contributed by atoms with Crippen molar-refractivity contribution < 1.29 is 9.59 Å². The third-order valence-corrected chi connectivity index (χ3v) is 7.80. The number of carbonyl (C=O) groups excluding carboxylic acids is 2. The Morgan fingerprint density at radius 3 is 1.95 bits per heavy atom. The summed E-state index contributed by atoms with van der Waals surface area (Å²) in [5.41, 5.74) is 7.79. The van der Waals surface area contributed by atoms with Gasteiger partial charge in [-0.1, -0.05) is 31.2 Å². The molecule has 5 heteroatoms. The fraction of sp³-hybridized carbons (Fsp3) is 0.294. The Morgan fingerprint density at radius 1 is 0.821 bits per heavy atom. The zero-order chi connectivity index (χ0) is 27.4. The fourth-order valence-corrected chi connectivity index (χ4v) is 5.33. The van der Waals surface area contributed by atoms with Crippen molar-refractivity contribution in [1.82, 2.24) is 4.57 Å². The van der Waals surface area contributed by atoms with Gasteiger partial charge in [0, 0.05) is 61.8 Å². The lowest BCUT2D eigenvalue weighted by atomic mass is 9.96. The lowest BCUT2D eigenvalue weighted by Crippen LogP contribution is -2.33. The number of piperidine rings is 1. The monoisotopic (exact) mass is 519 g/mol. The summed E-state index contributed by atoms with van der Waals surface area (Å²) in [7, 11) is 1.88. The van der Waals surface area contributed by atoms with E-state index in [0.29, 0.717) is 12.8 Å². The van der Waals surface area contributed by atoms with E-state index in [0.717, 1.165) is 52.8 Å². The molecule has 5 nitrogen and oxygen atoms in total. The molecule has 1 aromatic heterocycles. The van der Waals surface area contributed by atoms with Crippen molar-refractivity contribution in [2.24, 2.45) is 13.0 Å². The maximum Gasteiger partial charge on any atom is 0.183 e. The van der Waals surface area contributed by atoms with E-state index in [1.807, 2.05) is 90.6 Å². The molecule has 1 aliphatic heterocycles. The lowest BCUT2D eigenvalue weighted by Gasteiger charge is -2.33. The van der Waals surface area contributed by atoms with Crippen LogP contribution in [0.15, 0.2) is 85.1 Å². The predicted octanol–water partition coefficient (Wildman–Crippen LogP) is 7.16. The van der Waals surface area contributed by atoms with Crippen LogP contribution in [-0.4, -0.2) is 29.2 Å². The highest BCUT2D eigenvalue weighted by molar-refractivity contribution is 5.98. The Hall–Kier alpha value is -4.12. The van der Waals surface area contributed by atoms with Gasteiger partial charge in [0.1, 0.15) is 0 Å². The van der Waals surface area contributed by atoms with Gasteiger partial charge >= 0.3 is 0 Å². The molecule has 0 radical (unpaired) electrons. The van der Waals surface area contributed by atoms with Gasteiger partial charge in [0.25, 0.3) is 0 Å². The Morgan fingerprint density at radius 2 is 1.41 bits per heavy atom. The molecule has 1 saturated heterocycles. The van der Waals surface area contributed by atoms with E-state index in [-0.39, 0.29) is 11.6 Å². The number of rotatable bonds is 9. The molecule has 0 unspecified atom stereocenters. The van der Waals surface area contributed by atoms with E-state index in [9.17, 15) is 9.59 Å². The fourth-order valence-electron chi connectivity index (χ4n) is 5.33. The molecule has 2 heterocycles. The van der Waals surface area contributed by atoms with E-state index in [4.69, 9.17) is 0 Å². The molecule has 3 aromatic carbocycles. The second-order valence-electron chi connectivity index (χ2n) is 10.9. The van der Waals surface area contributed by atoms with Crippen LogP contribution in [0.1, 0.15) is 57.3 Å². The maximum absolute atomic E-state index is 13.0. The van der Waals surface area contributed by atoms with Crippen LogP contribution in [0.3, 0.4) is 0 Å². The lowest BCUT2D eigenvalue weighted by molar-refractivity contribution is 0.0980. The number of nitrogens with one attached hydrogen (secondary N) is 1. The highest BCUT2D eigenvalue weighted by Gasteiger charge is 2.18. The zero-order valence-electron chi connectivity index (χ0n) is 23.1. The first-order chi connectivity index (χ1) is 18.9. The van der Waals surface area contributed by atoms with E-state index in [2.05, 4.69) is 30.1 Å². The first-order valence-corrected chi connectivity index (χ1v) is 13.8. The summed E-state index contributed by atoms with van der Waals surface area (Å²) in [6, 6.07) is 25.8. The van der Waals surface area contributed by atoms with Gasteiger partial charge in [0.05, 0.1) is 5.69 Å². The molecule has 0 aliphatic carbocycles. The van der Waals surface area contributed by atoms with E-state index in [1.54, 1.807) is 0 Å². The van der Waals surface area contributed by atoms with Gasteiger partial charge < -0.3 is 14.8 Å². The SMILES string of the molecule is Cc1cc(C(=O)Cc2ccc(Nc3ccc(CC(=O)c4cccn4C)cc3)cc2)ccc1N1CCC(C)CC1. The van der Waals surface area contributed by atoms with Gasteiger partial charge in [-0.05, 0) is 97.0 Å². The molecule has 5 rings (SSSR count). The Bertz CT molecular complexity index is 1440. The average molecular weight is 520 g/mol. The van der Waals surface area contributed by atoms with Crippen molar-refractivity contribution in [2.45, 2.75) is 39.5 Å². The highest BCUT2D eigenvalue weighted by atomic mass is 16.1. The van der Waals surface area contributed by atoms with Crippen LogP contribution in [0.25, 0.3) is 0 Å². The number of hydrogen-bond acceptors (Lipinski definition) is 4. The van der Waals surface area contributed by atoms with Crippen LogP contribution in [0.5, 0.6) is 0 Å². The third-order valence-electron chi connectivity index (χ3n) is 7.80. The van der Waals surface area contributed by atoms with Crippen molar-refractivity contribution >= 4 is 28.6 Å². The summed E-state index contributed by atoms with van der Waals surface area (Å²) in [5, 5.41) is 3.40. The van der Waals surface area contributed by atoms with Crippen LogP contribution in [0.4, 0.5) is 17.1 Å². The molecule has 4 aromatic rings. The molecule has 0 amide bonds. The summed E-state index contributed by atoms with van der Waals surface area (Å²) in [4.78, 5) is 28.0. The Balaban J connectivity index is 1.15. The highest BCUT2D eigenvalue weighted by Crippen LogP contribution is 2.27. The van der Waals surface area contributed by atoms with Crippen molar-refractivity contribution in [2.75, 3.05) is 23.3 Å².